The van der Waals surface area contributed by atoms with E-state index < -0.39 is 0 Å². The summed E-state index contributed by atoms with van der Waals surface area (Å²) < 4.78 is 0. The van der Waals surface area contributed by atoms with Crippen molar-refractivity contribution in [1.82, 2.24) is 9.88 Å². The largest absolute Gasteiger partial charge is 0.329 e. The Morgan fingerprint density at radius 2 is 2.20 bits per heavy atom. The minimum atomic E-state index is 0.178. The van der Waals surface area contributed by atoms with Crippen molar-refractivity contribution in [3.05, 3.63) is 30.1 Å². The van der Waals surface area contributed by atoms with Gasteiger partial charge < -0.3 is 5.73 Å². The number of hydrogen-bond donors (Lipinski definition) is 1. The van der Waals surface area contributed by atoms with Gasteiger partial charge in [-0.3, -0.25) is 9.88 Å². The predicted octanol–water partition coefficient (Wildman–Crippen LogP) is 3.20. The Bertz CT molecular complexity index is 392. The summed E-state index contributed by atoms with van der Waals surface area (Å²) in [4.78, 5) is 7.05. The minimum absolute atomic E-state index is 0.178. The Balaban J connectivity index is 2.14. The Kier molecular flexibility index (Phi) is 5.55. The number of aromatic nitrogens is 1. The minimum Gasteiger partial charge on any atom is -0.329 e. The molecule has 1 aromatic heterocycles. The molecule has 0 spiro atoms. The van der Waals surface area contributed by atoms with E-state index in [4.69, 9.17) is 5.73 Å². The highest BCUT2D eigenvalue weighted by atomic mass is 15.2. The molecule has 2 atom stereocenters. The van der Waals surface area contributed by atoms with Gasteiger partial charge in [-0.15, -0.1) is 0 Å². The van der Waals surface area contributed by atoms with Gasteiger partial charge in [-0.05, 0) is 43.9 Å². The van der Waals surface area contributed by atoms with E-state index in [2.05, 4.69) is 35.9 Å². The van der Waals surface area contributed by atoms with E-state index in [0.29, 0.717) is 0 Å². The number of nitrogens with zero attached hydrogens (tertiary/aromatic N) is 2. The molecule has 1 aromatic rings. The molecule has 3 heteroatoms. The van der Waals surface area contributed by atoms with Gasteiger partial charge in [0.25, 0.3) is 0 Å². The number of nitrogens with two attached hydrogens (primary N) is 1. The van der Waals surface area contributed by atoms with Crippen molar-refractivity contribution in [2.24, 2.45) is 11.7 Å². The standard InChI is InChI=1S/C17H29N3/c1-3-20(13-16-8-4-5-12-19-16)17(14-18)10-6-7-15(2)9-11-17/h4-5,8,12,15H,3,6-7,9-11,13-14,18H2,1-2H3. The van der Waals surface area contributed by atoms with Crippen LogP contribution in [-0.4, -0.2) is 28.5 Å². The molecule has 0 amide bonds. The first-order chi connectivity index (χ1) is 9.70. The molecule has 112 valence electrons. The zero-order chi connectivity index (χ0) is 14.4. The van der Waals surface area contributed by atoms with Gasteiger partial charge in [-0.25, -0.2) is 0 Å². The third kappa shape index (κ3) is 3.58. The van der Waals surface area contributed by atoms with E-state index in [9.17, 15) is 0 Å². The van der Waals surface area contributed by atoms with Crippen molar-refractivity contribution in [3.63, 3.8) is 0 Å². The molecule has 2 unspecified atom stereocenters. The lowest BCUT2D eigenvalue weighted by Crippen LogP contribution is -2.53. The van der Waals surface area contributed by atoms with Gasteiger partial charge >= 0.3 is 0 Å². The fourth-order valence-electron chi connectivity index (χ4n) is 3.52. The summed E-state index contributed by atoms with van der Waals surface area (Å²) in [7, 11) is 0. The molecule has 2 rings (SSSR count). The van der Waals surface area contributed by atoms with Crippen molar-refractivity contribution in [3.8, 4) is 0 Å². The Morgan fingerprint density at radius 1 is 1.35 bits per heavy atom. The summed E-state index contributed by atoms with van der Waals surface area (Å²) in [6.07, 6.45) is 8.29. The van der Waals surface area contributed by atoms with Gasteiger partial charge in [0.15, 0.2) is 0 Å². The maximum atomic E-state index is 6.22. The van der Waals surface area contributed by atoms with Crippen LogP contribution in [0.15, 0.2) is 24.4 Å². The third-order valence-electron chi connectivity index (χ3n) is 4.95. The lowest BCUT2D eigenvalue weighted by Gasteiger charge is -2.42. The third-order valence-corrected chi connectivity index (χ3v) is 4.95. The van der Waals surface area contributed by atoms with Crippen LogP contribution >= 0.6 is 0 Å². The average molecular weight is 275 g/mol. The average Bonchev–Trinajstić information content (AvgIpc) is 2.68. The van der Waals surface area contributed by atoms with E-state index in [1.165, 1.54) is 32.1 Å². The molecular formula is C17H29N3. The normalized spacial score (nSPS) is 27.5. The molecule has 1 fully saturated rings. The second-order valence-corrected chi connectivity index (χ2v) is 6.30. The summed E-state index contributed by atoms with van der Waals surface area (Å²) in [5.74, 6) is 0.844. The number of likely N-dealkylation sites (N-methyl/N-ethyl adjacent to an activating group) is 1. The number of pyridine rings is 1. The molecular weight excluding hydrogens is 246 g/mol. The topological polar surface area (TPSA) is 42.2 Å². The number of hydrogen-bond acceptors (Lipinski definition) is 3. The van der Waals surface area contributed by atoms with E-state index in [1.54, 1.807) is 0 Å². The molecule has 0 saturated heterocycles. The summed E-state index contributed by atoms with van der Waals surface area (Å²) in [6, 6.07) is 6.17. The highest BCUT2D eigenvalue weighted by Crippen LogP contribution is 2.34. The summed E-state index contributed by atoms with van der Waals surface area (Å²) in [5.41, 5.74) is 7.55. The van der Waals surface area contributed by atoms with E-state index in [0.717, 1.165) is 31.2 Å². The predicted molar refractivity (Wildman–Crippen MR) is 84.4 cm³/mol. The van der Waals surface area contributed by atoms with Crippen molar-refractivity contribution < 1.29 is 0 Å². The summed E-state index contributed by atoms with van der Waals surface area (Å²) in [5, 5.41) is 0. The number of rotatable bonds is 5. The monoisotopic (exact) mass is 275 g/mol. The van der Waals surface area contributed by atoms with Crippen LogP contribution in [0.5, 0.6) is 0 Å². The quantitative estimate of drug-likeness (QED) is 0.839. The van der Waals surface area contributed by atoms with Crippen LogP contribution < -0.4 is 5.73 Å². The fraction of sp³-hybridized carbons (Fsp3) is 0.706. The van der Waals surface area contributed by atoms with Crippen molar-refractivity contribution in [2.45, 2.75) is 58.0 Å². The van der Waals surface area contributed by atoms with Gasteiger partial charge in [-0.1, -0.05) is 32.8 Å². The molecule has 1 aliphatic rings. The van der Waals surface area contributed by atoms with Gasteiger partial charge in [0.2, 0.25) is 0 Å². The van der Waals surface area contributed by atoms with Gasteiger partial charge in [-0.2, -0.15) is 0 Å². The second-order valence-electron chi connectivity index (χ2n) is 6.30. The highest BCUT2D eigenvalue weighted by Gasteiger charge is 2.36. The Hall–Kier alpha value is -0.930. The van der Waals surface area contributed by atoms with Crippen LogP contribution in [0.25, 0.3) is 0 Å². The van der Waals surface area contributed by atoms with E-state index >= 15 is 0 Å². The molecule has 0 aromatic carbocycles. The van der Waals surface area contributed by atoms with E-state index in [1.807, 2.05) is 12.3 Å². The second kappa shape index (κ2) is 7.19. The molecule has 0 aliphatic heterocycles. The molecule has 1 heterocycles. The van der Waals surface area contributed by atoms with Crippen LogP contribution in [0.1, 0.15) is 51.6 Å². The smallest absolute Gasteiger partial charge is 0.0544 e. The van der Waals surface area contributed by atoms with Crippen molar-refractivity contribution in [2.75, 3.05) is 13.1 Å². The maximum Gasteiger partial charge on any atom is 0.0544 e. The summed E-state index contributed by atoms with van der Waals surface area (Å²) in [6.45, 7) is 7.35. The lowest BCUT2D eigenvalue weighted by atomic mass is 9.87. The molecule has 1 aliphatic carbocycles. The molecule has 2 N–H and O–H groups in total. The van der Waals surface area contributed by atoms with Gasteiger partial charge in [0.05, 0.1) is 5.69 Å². The molecule has 3 nitrogen and oxygen atoms in total. The van der Waals surface area contributed by atoms with Crippen LogP contribution in [0.2, 0.25) is 0 Å². The SMILES string of the molecule is CCN(Cc1ccccn1)C1(CN)CCCC(C)CC1. The van der Waals surface area contributed by atoms with Gasteiger partial charge in [0.1, 0.15) is 0 Å². The van der Waals surface area contributed by atoms with Crippen LogP contribution in [0.4, 0.5) is 0 Å². The molecule has 0 bridgehead atoms. The molecule has 0 radical (unpaired) electrons. The first-order valence-electron chi connectivity index (χ1n) is 8.05. The summed E-state index contributed by atoms with van der Waals surface area (Å²) >= 11 is 0. The van der Waals surface area contributed by atoms with Crippen molar-refractivity contribution in [1.29, 1.82) is 0 Å². The van der Waals surface area contributed by atoms with Gasteiger partial charge in [0, 0.05) is 24.8 Å². The fourth-order valence-corrected chi connectivity index (χ4v) is 3.52. The van der Waals surface area contributed by atoms with E-state index in [-0.39, 0.29) is 5.54 Å². The van der Waals surface area contributed by atoms with Crippen LogP contribution in [0.3, 0.4) is 0 Å². The van der Waals surface area contributed by atoms with Crippen LogP contribution in [-0.2, 0) is 6.54 Å². The lowest BCUT2D eigenvalue weighted by molar-refractivity contribution is 0.0735. The molecule has 20 heavy (non-hydrogen) atoms. The van der Waals surface area contributed by atoms with Crippen molar-refractivity contribution >= 4 is 0 Å². The molecule has 1 saturated carbocycles. The maximum absolute atomic E-state index is 6.22. The first kappa shape index (κ1) is 15.5. The Labute approximate surface area is 123 Å². The zero-order valence-electron chi connectivity index (χ0n) is 13.0. The Morgan fingerprint density at radius 3 is 2.85 bits per heavy atom. The van der Waals surface area contributed by atoms with Crippen LogP contribution in [0, 0.1) is 5.92 Å². The zero-order valence-corrected chi connectivity index (χ0v) is 13.0. The first-order valence-corrected chi connectivity index (χ1v) is 8.05. The highest BCUT2D eigenvalue weighted by molar-refractivity contribution is 5.05.